The van der Waals surface area contributed by atoms with Gasteiger partial charge in [-0.3, -0.25) is 4.79 Å². The van der Waals surface area contributed by atoms with Crippen LogP contribution in [0, 0.1) is 12.8 Å². The highest BCUT2D eigenvalue weighted by molar-refractivity contribution is 5.80. The standard InChI is InChI=1S/C22H25N3O2/c1-15-18-12-27-14-22(10-11-25(13-22)21(26)17-8-5-9-17)19(18)24-20(23-15)16-6-3-2-4-7-16/h2-4,6-7,17H,5,8-14H2,1H3/t22-/m0/s1. The van der Waals surface area contributed by atoms with E-state index in [1.54, 1.807) is 0 Å². The molecular formula is C22H25N3O2. The number of nitrogens with zero attached hydrogens (tertiary/aromatic N) is 3. The van der Waals surface area contributed by atoms with Gasteiger partial charge in [0.25, 0.3) is 0 Å². The van der Waals surface area contributed by atoms with Crippen LogP contribution in [0.5, 0.6) is 0 Å². The van der Waals surface area contributed by atoms with Gasteiger partial charge >= 0.3 is 0 Å². The first-order valence-electron chi connectivity index (χ1n) is 9.96. The number of carbonyl (C=O) groups is 1. The molecule has 3 aliphatic rings. The number of ether oxygens (including phenoxy) is 1. The van der Waals surface area contributed by atoms with E-state index in [2.05, 4.69) is 4.90 Å². The Bertz CT molecular complexity index is 879. The zero-order chi connectivity index (χ0) is 18.4. The highest BCUT2D eigenvalue weighted by Gasteiger charge is 2.47. The van der Waals surface area contributed by atoms with E-state index in [1.165, 1.54) is 6.42 Å². The second-order valence-electron chi connectivity index (χ2n) is 8.24. The van der Waals surface area contributed by atoms with Crippen LogP contribution in [0.4, 0.5) is 0 Å². The van der Waals surface area contributed by atoms with E-state index in [-0.39, 0.29) is 11.3 Å². The molecule has 1 spiro atoms. The van der Waals surface area contributed by atoms with Crippen molar-refractivity contribution in [1.82, 2.24) is 14.9 Å². The zero-order valence-corrected chi connectivity index (χ0v) is 15.8. The van der Waals surface area contributed by atoms with Gasteiger partial charge in [0, 0.05) is 35.8 Å². The first kappa shape index (κ1) is 16.9. The van der Waals surface area contributed by atoms with Crippen molar-refractivity contribution >= 4 is 5.91 Å². The molecule has 5 nitrogen and oxygen atoms in total. The van der Waals surface area contributed by atoms with Crippen LogP contribution in [0.3, 0.4) is 0 Å². The summed E-state index contributed by atoms with van der Waals surface area (Å²) < 4.78 is 5.97. The fourth-order valence-corrected chi connectivity index (χ4v) is 4.63. The number of hydrogen-bond acceptors (Lipinski definition) is 4. The van der Waals surface area contributed by atoms with Gasteiger partial charge in [-0.1, -0.05) is 36.8 Å². The Hall–Kier alpha value is -2.27. The third kappa shape index (κ3) is 2.76. The average molecular weight is 363 g/mol. The molecule has 2 fully saturated rings. The first-order valence-corrected chi connectivity index (χ1v) is 9.96. The summed E-state index contributed by atoms with van der Waals surface area (Å²) in [5.74, 6) is 1.35. The van der Waals surface area contributed by atoms with Crippen LogP contribution in [-0.2, 0) is 21.6 Å². The summed E-state index contributed by atoms with van der Waals surface area (Å²) in [6.07, 6.45) is 4.21. The van der Waals surface area contributed by atoms with Crippen molar-refractivity contribution < 1.29 is 9.53 Å². The normalized spacial score (nSPS) is 24.7. The predicted molar refractivity (Wildman–Crippen MR) is 102 cm³/mol. The van der Waals surface area contributed by atoms with Gasteiger partial charge in [-0.2, -0.15) is 0 Å². The molecule has 2 aliphatic heterocycles. The second-order valence-corrected chi connectivity index (χ2v) is 8.24. The smallest absolute Gasteiger partial charge is 0.225 e. The molecule has 1 amide bonds. The fourth-order valence-electron chi connectivity index (χ4n) is 4.63. The Balaban J connectivity index is 1.52. The summed E-state index contributed by atoms with van der Waals surface area (Å²) in [6.45, 7) is 4.77. The minimum absolute atomic E-state index is 0.190. The number of amides is 1. The van der Waals surface area contributed by atoms with Gasteiger partial charge < -0.3 is 9.64 Å². The number of rotatable bonds is 2. The van der Waals surface area contributed by atoms with Crippen molar-refractivity contribution in [1.29, 1.82) is 0 Å². The molecule has 1 aromatic carbocycles. The van der Waals surface area contributed by atoms with Gasteiger partial charge in [-0.05, 0) is 26.2 Å². The van der Waals surface area contributed by atoms with E-state index < -0.39 is 0 Å². The first-order chi connectivity index (χ1) is 13.2. The molecule has 0 N–H and O–H groups in total. The van der Waals surface area contributed by atoms with Gasteiger partial charge in [0.15, 0.2) is 5.82 Å². The van der Waals surface area contributed by atoms with Crippen molar-refractivity contribution in [2.24, 2.45) is 5.92 Å². The third-order valence-corrected chi connectivity index (χ3v) is 6.49. The fraction of sp³-hybridized carbons (Fsp3) is 0.500. The van der Waals surface area contributed by atoms with E-state index in [0.29, 0.717) is 19.1 Å². The molecular weight excluding hydrogens is 338 g/mol. The Morgan fingerprint density at radius 3 is 2.78 bits per heavy atom. The van der Waals surface area contributed by atoms with E-state index in [9.17, 15) is 4.79 Å². The third-order valence-electron chi connectivity index (χ3n) is 6.49. The number of carbonyl (C=O) groups excluding carboxylic acids is 1. The van der Waals surface area contributed by atoms with Gasteiger partial charge in [-0.25, -0.2) is 9.97 Å². The van der Waals surface area contributed by atoms with E-state index in [4.69, 9.17) is 14.7 Å². The molecule has 1 aliphatic carbocycles. The second kappa shape index (κ2) is 6.41. The Morgan fingerprint density at radius 2 is 2.04 bits per heavy atom. The molecule has 1 atom stereocenters. The monoisotopic (exact) mass is 363 g/mol. The molecule has 0 radical (unpaired) electrons. The van der Waals surface area contributed by atoms with E-state index in [0.717, 1.165) is 60.7 Å². The van der Waals surface area contributed by atoms with Crippen LogP contribution in [-0.4, -0.2) is 40.5 Å². The van der Waals surface area contributed by atoms with Crippen LogP contribution >= 0.6 is 0 Å². The molecule has 1 saturated carbocycles. The van der Waals surface area contributed by atoms with E-state index >= 15 is 0 Å². The zero-order valence-electron chi connectivity index (χ0n) is 15.8. The number of likely N-dealkylation sites (tertiary alicyclic amines) is 1. The van der Waals surface area contributed by atoms with Crippen LogP contribution < -0.4 is 0 Å². The molecule has 1 saturated heterocycles. The Morgan fingerprint density at radius 1 is 1.22 bits per heavy atom. The minimum Gasteiger partial charge on any atom is -0.376 e. The van der Waals surface area contributed by atoms with Crippen molar-refractivity contribution in [3.8, 4) is 11.4 Å². The van der Waals surface area contributed by atoms with Crippen molar-refractivity contribution in [2.45, 2.75) is 44.6 Å². The SMILES string of the molecule is Cc1nc(-c2ccccc2)nc2c1COC[C@@]21CCN(C(=O)C2CCC2)C1. The highest BCUT2D eigenvalue weighted by Crippen LogP contribution is 2.42. The van der Waals surface area contributed by atoms with Gasteiger partial charge in [0.1, 0.15) is 0 Å². The summed E-state index contributed by atoms with van der Waals surface area (Å²) in [5.41, 5.74) is 4.04. The van der Waals surface area contributed by atoms with Crippen molar-refractivity contribution in [3.05, 3.63) is 47.3 Å². The van der Waals surface area contributed by atoms with Crippen LogP contribution in [0.25, 0.3) is 11.4 Å². The molecule has 3 heterocycles. The lowest BCUT2D eigenvalue weighted by atomic mass is 9.79. The number of benzene rings is 1. The molecule has 2 aromatic rings. The average Bonchev–Trinajstić information content (AvgIpc) is 3.07. The quantitative estimate of drug-likeness (QED) is 0.822. The summed E-state index contributed by atoms with van der Waals surface area (Å²) in [6, 6.07) is 10.1. The van der Waals surface area contributed by atoms with E-state index in [1.807, 2.05) is 37.3 Å². The lowest BCUT2D eigenvalue weighted by Gasteiger charge is -2.36. The Kier molecular flexibility index (Phi) is 4.01. The molecule has 5 rings (SSSR count). The number of fused-ring (bicyclic) bond motifs is 2. The summed E-state index contributed by atoms with van der Waals surface area (Å²) >= 11 is 0. The molecule has 27 heavy (non-hydrogen) atoms. The lowest BCUT2D eigenvalue weighted by Crippen LogP contribution is -2.44. The Labute approximate surface area is 159 Å². The maximum Gasteiger partial charge on any atom is 0.225 e. The minimum atomic E-state index is -0.190. The van der Waals surface area contributed by atoms with Gasteiger partial charge in [-0.15, -0.1) is 0 Å². The van der Waals surface area contributed by atoms with Crippen molar-refractivity contribution in [2.75, 3.05) is 19.7 Å². The number of hydrogen-bond donors (Lipinski definition) is 0. The lowest BCUT2D eigenvalue weighted by molar-refractivity contribution is -0.137. The van der Waals surface area contributed by atoms with Gasteiger partial charge in [0.05, 0.1) is 24.3 Å². The molecule has 1 aromatic heterocycles. The maximum absolute atomic E-state index is 12.8. The highest BCUT2D eigenvalue weighted by atomic mass is 16.5. The van der Waals surface area contributed by atoms with Crippen LogP contribution in [0.2, 0.25) is 0 Å². The van der Waals surface area contributed by atoms with Crippen LogP contribution in [0.15, 0.2) is 30.3 Å². The van der Waals surface area contributed by atoms with Crippen LogP contribution in [0.1, 0.15) is 42.6 Å². The molecule has 0 bridgehead atoms. The summed E-state index contributed by atoms with van der Waals surface area (Å²) in [4.78, 5) is 24.6. The number of aryl methyl sites for hydroxylation is 1. The molecule has 140 valence electrons. The van der Waals surface area contributed by atoms with Crippen molar-refractivity contribution in [3.63, 3.8) is 0 Å². The topological polar surface area (TPSA) is 55.3 Å². The summed E-state index contributed by atoms with van der Waals surface area (Å²) in [7, 11) is 0. The largest absolute Gasteiger partial charge is 0.376 e. The van der Waals surface area contributed by atoms with Gasteiger partial charge in [0.2, 0.25) is 5.91 Å². The summed E-state index contributed by atoms with van der Waals surface area (Å²) in [5, 5.41) is 0. The maximum atomic E-state index is 12.8. The molecule has 0 unspecified atom stereocenters. The molecule has 5 heteroatoms. The predicted octanol–water partition coefficient (Wildman–Crippen LogP) is 3.25. The number of aromatic nitrogens is 2.